The summed E-state index contributed by atoms with van der Waals surface area (Å²) in [5.74, 6) is 6.87. The third kappa shape index (κ3) is 3.06. The van der Waals surface area contributed by atoms with E-state index in [0.29, 0.717) is 5.92 Å². The Balaban J connectivity index is 2.15. The second kappa shape index (κ2) is 5.48. The first-order valence-electron chi connectivity index (χ1n) is 8.92. The van der Waals surface area contributed by atoms with Gasteiger partial charge in [-0.2, -0.15) is 0 Å². The van der Waals surface area contributed by atoms with Crippen molar-refractivity contribution in [1.82, 2.24) is 0 Å². The molecule has 3 nitrogen and oxygen atoms in total. The molecule has 2 saturated carbocycles. The number of fused-ring (bicyclic) bond motifs is 2. The monoisotopic (exact) mass is 322 g/mol. The van der Waals surface area contributed by atoms with Gasteiger partial charge in [0.2, 0.25) is 0 Å². The molecular weight excluding hydrogens is 288 g/mol. The average Bonchev–Trinajstić information content (AvgIpc) is 2.76. The molecule has 0 aromatic carbocycles. The quantitative estimate of drug-likeness (QED) is 0.471. The first kappa shape index (κ1) is 18.8. The van der Waals surface area contributed by atoms with E-state index < -0.39 is 11.2 Å². The largest absolute Gasteiger partial charge is 0.377 e. The molecule has 0 saturated heterocycles. The van der Waals surface area contributed by atoms with Crippen molar-refractivity contribution in [1.29, 1.82) is 0 Å². The van der Waals surface area contributed by atoms with Crippen LogP contribution >= 0.6 is 0 Å². The summed E-state index contributed by atoms with van der Waals surface area (Å²) in [7, 11) is 0. The molecule has 3 atom stereocenters. The molecule has 0 aliphatic heterocycles. The molecule has 0 aromatic rings. The van der Waals surface area contributed by atoms with E-state index >= 15 is 0 Å². The highest BCUT2D eigenvalue weighted by atomic mass is 17.2. The standard InChI is InChI=1S/C20H34O3/c1-9-16(2,3)22-23-17(4,5)12-13-20(21)14-15-10-11-19(20,8)18(15,6)7/h15,21H,9-11,14H2,1-8H3/t15?,19?,20-/m1/s1. The third-order valence-electron chi connectivity index (χ3n) is 6.79. The molecule has 0 aromatic heterocycles. The van der Waals surface area contributed by atoms with E-state index in [9.17, 15) is 5.11 Å². The van der Waals surface area contributed by atoms with Crippen molar-refractivity contribution in [2.24, 2.45) is 16.7 Å². The van der Waals surface area contributed by atoms with E-state index in [0.717, 1.165) is 19.3 Å². The zero-order chi connectivity index (χ0) is 17.7. The highest BCUT2D eigenvalue weighted by Crippen LogP contribution is 2.69. The summed E-state index contributed by atoms with van der Waals surface area (Å²) in [6.45, 7) is 16.6. The molecule has 132 valence electrons. The molecule has 23 heavy (non-hydrogen) atoms. The van der Waals surface area contributed by atoms with Crippen LogP contribution in [0, 0.1) is 28.6 Å². The van der Waals surface area contributed by atoms with Crippen molar-refractivity contribution in [2.75, 3.05) is 0 Å². The van der Waals surface area contributed by atoms with Gasteiger partial charge in [-0.25, -0.2) is 9.78 Å². The van der Waals surface area contributed by atoms with E-state index in [1.54, 1.807) is 0 Å². The SMILES string of the molecule is CCC(C)(C)OOC(C)(C)C#C[C@@]1(O)CC2CCC1(C)C2(C)C. The maximum atomic E-state index is 11.2. The summed E-state index contributed by atoms with van der Waals surface area (Å²) in [5, 5.41) is 11.2. The minimum Gasteiger partial charge on any atom is -0.377 e. The van der Waals surface area contributed by atoms with Crippen LogP contribution in [-0.4, -0.2) is 21.9 Å². The molecule has 2 bridgehead atoms. The highest BCUT2D eigenvalue weighted by Gasteiger charge is 2.68. The summed E-state index contributed by atoms with van der Waals surface area (Å²) in [6.07, 6.45) is 3.85. The van der Waals surface area contributed by atoms with Gasteiger partial charge in [0.25, 0.3) is 0 Å². The van der Waals surface area contributed by atoms with Crippen LogP contribution in [0.15, 0.2) is 0 Å². The lowest BCUT2D eigenvalue weighted by molar-refractivity contribution is -0.388. The molecule has 2 fully saturated rings. The normalized spacial score (nSPS) is 36.0. The molecule has 0 spiro atoms. The predicted molar refractivity (Wildman–Crippen MR) is 92.6 cm³/mol. The summed E-state index contributed by atoms with van der Waals surface area (Å²) in [4.78, 5) is 11.1. The van der Waals surface area contributed by atoms with Crippen LogP contribution in [0.2, 0.25) is 0 Å². The molecule has 2 unspecified atom stereocenters. The second-order valence-corrected chi connectivity index (χ2v) is 9.39. The number of rotatable bonds is 4. The van der Waals surface area contributed by atoms with Gasteiger partial charge in [-0.15, -0.1) is 0 Å². The molecule has 1 N–H and O–H groups in total. The fraction of sp³-hybridized carbons (Fsp3) is 0.900. The fourth-order valence-electron chi connectivity index (χ4n) is 4.01. The lowest BCUT2D eigenvalue weighted by Crippen LogP contribution is -2.46. The first-order chi connectivity index (χ1) is 10.3. The lowest BCUT2D eigenvalue weighted by Gasteiger charge is -2.42. The zero-order valence-electron chi connectivity index (χ0n) is 16.2. The van der Waals surface area contributed by atoms with Crippen molar-refractivity contribution < 1.29 is 14.9 Å². The van der Waals surface area contributed by atoms with Crippen LogP contribution in [0.25, 0.3) is 0 Å². The fourth-order valence-corrected chi connectivity index (χ4v) is 4.01. The van der Waals surface area contributed by atoms with E-state index in [1.807, 2.05) is 27.7 Å². The Hall–Kier alpha value is -0.560. The van der Waals surface area contributed by atoms with E-state index in [1.165, 1.54) is 6.42 Å². The van der Waals surface area contributed by atoms with Crippen LogP contribution in [-0.2, 0) is 9.78 Å². The van der Waals surface area contributed by atoms with Gasteiger partial charge in [0.05, 0.1) is 5.60 Å². The van der Waals surface area contributed by atoms with Gasteiger partial charge < -0.3 is 5.11 Å². The molecule has 3 heteroatoms. The van der Waals surface area contributed by atoms with E-state index in [4.69, 9.17) is 9.78 Å². The Labute approximate surface area is 142 Å². The minimum atomic E-state index is -0.930. The van der Waals surface area contributed by atoms with Gasteiger partial charge in [-0.05, 0) is 64.7 Å². The molecule has 0 heterocycles. The smallest absolute Gasteiger partial charge is 0.158 e. The number of hydrogen-bond donors (Lipinski definition) is 1. The highest BCUT2D eigenvalue weighted by molar-refractivity contribution is 5.31. The Kier molecular flexibility index (Phi) is 4.47. The maximum Gasteiger partial charge on any atom is 0.158 e. The minimum absolute atomic E-state index is 0.127. The van der Waals surface area contributed by atoms with Gasteiger partial charge in [0.15, 0.2) is 5.60 Å². The lowest BCUT2D eigenvalue weighted by atomic mass is 9.64. The average molecular weight is 322 g/mol. The molecule has 2 rings (SSSR count). The van der Waals surface area contributed by atoms with Gasteiger partial charge in [-0.3, -0.25) is 0 Å². The molecular formula is C20H34O3. The summed E-state index contributed by atoms with van der Waals surface area (Å²) < 4.78 is 0. The van der Waals surface area contributed by atoms with E-state index in [2.05, 4.69) is 39.5 Å². The first-order valence-corrected chi connectivity index (χ1v) is 8.92. The summed E-state index contributed by atoms with van der Waals surface area (Å²) in [5.41, 5.74) is -2.04. The van der Waals surface area contributed by atoms with Gasteiger partial charge in [-0.1, -0.05) is 39.5 Å². The van der Waals surface area contributed by atoms with Crippen LogP contribution in [0.5, 0.6) is 0 Å². The Morgan fingerprint density at radius 2 is 1.74 bits per heavy atom. The topological polar surface area (TPSA) is 38.7 Å². The van der Waals surface area contributed by atoms with Crippen LogP contribution in [0.3, 0.4) is 0 Å². The van der Waals surface area contributed by atoms with Crippen LogP contribution in [0.1, 0.15) is 81.1 Å². The predicted octanol–water partition coefficient (Wildman–Crippen LogP) is 4.48. The number of aliphatic hydroxyl groups is 1. The molecule has 0 amide bonds. The van der Waals surface area contributed by atoms with Crippen molar-refractivity contribution in [3.8, 4) is 11.8 Å². The zero-order valence-corrected chi connectivity index (χ0v) is 16.2. The molecule has 0 radical (unpaired) electrons. The Morgan fingerprint density at radius 1 is 1.13 bits per heavy atom. The van der Waals surface area contributed by atoms with Crippen molar-refractivity contribution in [3.63, 3.8) is 0 Å². The van der Waals surface area contributed by atoms with Crippen molar-refractivity contribution in [2.45, 2.75) is 97.9 Å². The van der Waals surface area contributed by atoms with E-state index in [-0.39, 0.29) is 16.4 Å². The Morgan fingerprint density at radius 3 is 2.17 bits per heavy atom. The molecule has 2 aliphatic rings. The van der Waals surface area contributed by atoms with Crippen molar-refractivity contribution >= 4 is 0 Å². The molecule has 2 aliphatic carbocycles. The third-order valence-corrected chi connectivity index (χ3v) is 6.79. The Bertz CT molecular complexity index is 523. The summed E-state index contributed by atoms with van der Waals surface area (Å²) >= 11 is 0. The number of hydrogen-bond acceptors (Lipinski definition) is 3. The van der Waals surface area contributed by atoms with Crippen molar-refractivity contribution in [3.05, 3.63) is 0 Å². The second-order valence-electron chi connectivity index (χ2n) is 9.39. The van der Waals surface area contributed by atoms with Gasteiger partial charge in [0.1, 0.15) is 5.60 Å². The van der Waals surface area contributed by atoms with Crippen LogP contribution in [0.4, 0.5) is 0 Å². The van der Waals surface area contributed by atoms with Gasteiger partial charge >= 0.3 is 0 Å². The van der Waals surface area contributed by atoms with Crippen LogP contribution < -0.4 is 0 Å². The van der Waals surface area contributed by atoms with Gasteiger partial charge in [0, 0.05) is 5.41 Å². The summed E-state index contributed by atoms with van der Waals surface area (Å²) in [6, 6.07) is 0. The maximum absolute atomic E-state index is 11.2.